The summed E-state index contributed by atoms with van der Waals surface area (Å²) in [6, 6.07) is 5.51. The highest BCUT2D eigenvalue weighted by atomic mass is 16.5. The van der Waals surface area contributed by atoms with Crippen molar-refractivity contribution in [3.63, 3.8) is 0 Å². The zero-order valence-electron chi connectivity index (χ0n) is 13.9. The van der Waals surface area contributed by atoms with Crippen molar-refractivity contribution in [2.75, 3.05) is 19.5 Å². The van der Waals surface area contributed by atoms with E-state index in [0.29, 0.717) is 34.5 Å². The molecule has 9 nitrogen and oxygen atoms in total. The minimum absolute atomic E-state index is 0.244. The van der Waals surface area contributed by atoms with Gasteiger partial charge < -0.3 is 14.8 Å². The molecule has 0 saturated carbocycles. The van der Waals surface area contributed by atoms with Gasteiger partial charge in [0.25, 0.3) is 0 Å². The first-order chi connectivity index (χ1) is 12.1. The summed E-state index contributed by atoms with van der Waals surface area (Å²) >= 11 is 0. The van der Waals surface area contributed by atoms with Crippen molar-refractivity contribution in [1.29, 1.82) is 5.26 Å². The molecule has 0 unspecified atom stereocenters. The monoisotopic (exact) mass is 337 g/mol. The number of rotatable bonds is 5. The summed E-state index contributed by atoms with van der Waals surface area (Å²) in [6.45, 7) is 1.86. The number of H-pyrrole nitrogens is 1. The number of aryl methyl sites for hydroxylation is 1. The molecule has 0 amide bonds. The van der Waals surface area contributed by atoms with Crippen molar-refractivity contribution >= 4 is 11.6 Å². The van der Waals surface area contributed by atoms with Gasteiger partial charge in [-0.25, -0.2) is 15.0 Å². The molecule has 9 heteroatoms. The highest BCUT2D eigenvalue weighted by Gasteiger charge is 2.17. The SMILES string of the molecule is COc1cc(C)nc(OC)c1-c1cc(Nc2cnc(C#N)cn2)n[nH]1. The van der Waals surface area contributed by atoms with Crippen LogP contribution in [0.1, 0.15) is 11.4 Å². The summed E-state index contributed by atoms with van der Waals surface area (Å²) < 4.78 is 10.8. The average molecular weight is 337 g/mol. The Labute approximate surface area is 143 Å². The van der Waals surface area contributed by atoms with Crippen LogP contribution in [-0.2, 0) is 0 Å². The number of ether oxygens (including phenoxy) is 2. The molecule has 0 bridgehead atoms. The Balaban J connectivity index is 1.92. The van der Waals surface area contributed by atoms with E-state index >= 15 is 0 Å². The molecule has 0 aromatic carbocycles. The van der Waals surface area contributed by atoms with E-state index in [9.17, 15) is 0 Å². The van der Waals surface area contributed by atoms with Crippen LogP contribution in [0.5, 0.6) is 11.6 Å². The van der Waals surface area contributed by atoms with Gasteiger partial charge in [-0.2, -0.15) is 10.4 Å². The lowest BCUT2D eigenvalue weighted by atomic mass is 10.1. The first kappa shape index (κ1) is 16.2. The molecule has 0 aliphatic carbocycles. The lowest BCUT2D eigenvalue weighted by Crippen LogP contribution is -1.98. The predicted octanol–water partition coefficient (Wildman–Crippen LogP) is 2.20. The number of aromatic nitrogens is 5. The van der Waals surface area contributed by atoms with Crippen molar-refractivity contribution in [3.05, 3.63) is 35.9 Å². The standard InChI is InChI=1S/C16H15N7O2/c1-9-4-12(24-2)15(16(20-9)25-3)11-5-13(23-22-11)21-14-8-18-10(6-17)7-19-14/h4-5,7-8H,1-3H3,(H2,19,21,22,23). The van der Waals surface area contributed by atoms with Crippen LogP contribution < -0.4 is 14.8 Å². The Morgan fingerprint density at radius 2 is 1.96 bits per heavy atom. The van der Waals surface area contributed by atoms with E-state index in [2.05, 4.69) is 30.5 Å². The highest BCUT2D eigenvalue weighted by Crippen LogP contribution is 2.37. The van der Waals surface area contributed by atoms with E-state index < -0.39 is 0 Å². The Hall–Kier alpha value is -3.67. The van der Waals surface area contributed by atoms with Gasteiger partial charge in [0.1, 0.15) is 23.2 Å². The minimum Gasteiger partial charge on any atom is -0.496 e. The number of aromatic amines is 1. The number of anilines is 2. The van der Waals surface area contributed by atoms with E-state index in [0.717, 1.165) is 5.69 Å². The average Bonchev–Trinajstić information content (AvgIpc) is 3.09. The number of nitrogens with zero attached hydrogens (tertiary/aromatic N) is 5. The Morgan fingerprint density at radius 1 is 1.12 bits per heavy atom. The fourth-order valence-corrected chi connectivity index (χ4v) is 2.27. The van der Waals surface area contributed by atoms with E-state index in [1.54, 1.807) is 20.3 Å². The second-order valence-electron chi connectivity index (χ2n) is 5.04. The van der Waals surface area contributed by atoms with Gasteiger partial charge in [0.05, 0.1) is 32.3 Å². The number of nitrogens with one attached hydrogen (secondary N) is 2. The molecule has 0 aliphatic rings. The molecule has 0 aliphatic heterocycles. The van der Waals surface area contributed by atoms with Crippen molar-refractivity contribution < 1.29 is 9.47 Å². The van der Waals surface area contributed by atoms with Gasteiger partial charge in [0.2, 0.25) is 5.88 Å². The number of nitriles is 1. The molecular formula is C16H15N7O2. The number of hydrogen-bond donors (Lipinski definition) is 2. The largest absolute Gasteiger partial charge is 0.496 e. The third kappa shape index (κ3) is 3.32. The van der Waals surface area contributed by atoms with Crippen LogP contribution in [0.4, 0.5) is 11.6 Å². The molecule has 2 N–H and O–H groups in total. The van der Waals surface area contributed by atoms with Crippen LogP contribution in [0.15, 0.2) is 24.5 Å². The fourth-order valence-electron chi connectivity index (χ4n) is 2.27. The topological polar surface area (TPSA) is 122 Å². The summed E-state index contributed by atoms with van der Waals surface area (Å²) in [5, 5.41) is 18.9. The predicted molar refractivity (Wildman–Crippen MR) is 89.7 cm³/mol. The van der Waals surface area contributed by atoms with Crippen LogP contribution >= 0.6 is 0 Å². The molecule has 0 fully saturated rings. The lowest BCUT2D eigenvalue weighted by Gasteiger charge is -2.11. The van der Waals surface area contributed by atoms with E-state index in [1.165, 1.54) is 12.4 Å². The first-order valence-corrected chi connectivity index (χ1v) is 7.29. The second kappa shape index (κ2) is 6.84. The molecule has 25 heavy (non-hydrogen) atoms. The molecule has 3 aromatic rings. The van der Waals surface area contributed by atoms with Crippen molar-refractivity contribution in [2.24, 2.45) is 0 Å². The molecule has 3 aromatic heterocycles. The summed E-state index contributed by atoms with van der Waals surface area (Å²) in [5.41, 5.74) is 2.36. The Kier molecular flexibility index (Phi) is 4.43. The number of pyridine rings is 1. The molecule has 126 valence electrons. The first-order valence-electron chi connectivity index (χ1n) is 7.29. The van der Waals surface area contributed by atoms with Gasteiger partial charge in [-0.05, 0) is 6.92 Å². The smallest absolute Gasteiger partial charge is 0.226 e. The molecule has 3 heterocycles. The minimum atomic E-state index is 0.244. The van der Waals surface area contributed by atoms with Crippen molar-refractivity contribution in [1.82, 2.24) is 25.1 Å². The molecule has 0 atom stereocenters. The van der Waals surface area contributed by atoms with Gasteiger partial charge in [-0.15, -0.1) is 0 Å². The van der Waals surface area contributed by atoms with Crippen LogP contribution in [0.25, 0.3) is 11.3 Å². The van der Waals surface area contributed by atoms with Gasteiger partial charge in [-0.3, -0.25) is 5.10 Å². The normalized spacial score (nSPS) is 10.2. The Bertz CT molecular complexity index is 903. The zero-order chi connectivity index (χ0) is 17.8. The molecule has 3 rings (SSSR count). The molecule has 0 radical (unpaired) electrons. The maximum Gasteiger partial charge on any atom is 0.226 e. The fraction of sp³-hybridized carbons (Fsp3) is 0.188. The number of hydrogen-bond acceptors (Lipinski definition) is 8. The molecule has 0 saturated heterocycles. The van der Waals surface area contributed by atoms with E-state index in [-0.39, 0.29) is 5.69 Å². The summed E-state index contributed by atoms with van der Waals surface area (Å²) in [5.74, 6) is 2.06. The molecular weight excluding hydrogens is 322 g/mol. The molecule has 0 spiro atoms. The van der Waals surface area contributed by atoms with Crippen molar-refractivity contribution in [3.8, 4) is 29.0 Å². The van der Waals surface area contributed by atoms with E-state index in [1.807, 2.05) is 19.1 Å². The summed E-state index contributed by atoms with van der Waals surface area (Å²) in [4.78, 5) is 12.4. The van der Waals surface area contributed by atoms with Gasteiger partial charge in [-0.1, -0.05) is 0 Å². The number of methoxy groups -OCH3 is 2. The lowest BCUT2D eigenvalue weighted by molar-refractivity contribution is 0.384. The summed E-state index contributed by atoms with van der Waals surface area (Å²) in [7, 11) is 3.13. The van der Waals surface area contributed by atoms with Gasteiger partial charge in [0.15, 0.2) is 11.5 Å². The van der Waals surface area contributed by atoms with E-state index in [4.69, 9.17) is 14.7 Å². The van der Waals surface area contributed by atoms with Crippen LogP contribution in [0.2, 0.25) is 0 Å². The summed E-state index contributed by atoms with van der Waals surface area (Å²) in [6.07, 6.45) is 2.84. The maximum absolute atomic E-state index is 8.75. The van der Waals surface area contributed by atoms with Crippen LogP contribution in [0.3, 0.4) is 0 Å². The quantitative estimate of drug-likeness (QED) is 0.726. The third-order valence-corrected chi connectivity index (χ3v) is 3.36. The highest BCUT2D eigenvalue weighted by molar-refractivity contribution is 5.75. The Morgan fingerprint density at radius 3 is 2.60 bits per heavy atom. The van der Waals surface area contributed by atoms with Crippen LogP contribution in [-0.4, -0.2) is 39.4 Å². The van der Waals surface area contributed by atoms with Crippen molar-refractivity contribution in [2.45, 2.75) is 6.92 Å². The second-order valence-corrected chi connectivity index (χ2v) is 5.04. The van der Waals surface area contributed by atoms with Gasteiger partial charge in [0, 0.05) is 17.8 Å². The maximum atomic E-state index is 8.75. The third-order valence-electron chi connectivity index (χ3n) is 3.36. The van der Waals surface area contributed by atoms with Gasteiger partial charge >= 0.3 is 0 Å². The zero-order valence-corrected chi connectivity index (χ0v) is 13.9. The van der Waals surface area contributed by atoms with Crippen LogP contribution in [0, 0.1) is 18.3 Å².